The molecule has 0 radical (unpaired) electrons. The zero-order valence-corrected chi connectivity index (χ0v) is 48.8. The van der Waals surface area contributed by atoms with Crippen LogP contribution in [0.5, 0.6) is 5.75 Å². The molecule has 0 aromatic heterocycles. The molecule has 438 valence electrons. The van der Waals surface area contributed by atoms with E-state index >= 15 is 0 Å². The first-order valence-corrected chi connectivity index (χ1v) is 29.5. The van der Waals surface area contributed by atoms with Crippen molar-refractivity contribution in [1.29, 1.82) is 0 Å². The van der Waals surface area contributed by atoms with Crippen molar-refractivity contribution < 1.29 is 57.8 Å². The van der Waals surface area contributed by atoms with Gasteiger partial charge in [-0.25, -0.2) is 0 Å². The van der Waals surface area contributed by atoms with Crippen LogP contribution in [0.4, 0.5) is 5.69 Å². The minimum absolute atomic E-state index is 0.00903. The minimum atomic E-state index is -1.77. The number of aliphatic hydroxyl groups excluding tert-OH is 1. The van der Waals surface area contributed by atoms with Gasteiger partial charge in [-0.3, -0.25) is 47.9 Å². The third-order valence-electron chi connectivity index (χ3n) is 13.5. The molecule has 2 fully saturated rings. The highest BCUT2D eigenvalue weighted by Gasteiger charge is 2.40. The zero-order valence-electron chi connectivity index (χ0n) is 45.1. The van der Waals surface area contributed by atoms with E-state index in [4.69, 9.17) is 27.5 Å². The maximum atomic E-state index is 14.4. The van der Waals surface area contributed by atoms with Gasteiger partial charge in [0.15, 0.2) is 0 Å². The Bertz CT molecular complexity index is 2590. The minimum Gasteiger partial charge on any atom is -0.497 e. The highest BCUT2D eigenvalue weighted by atomic mass is 127. The number of carbonyl (C=O) groups is 10. The average molecular weight is 1270 g/mol. The number of nitrogens with two attached hydrogens (primary N) is 3. The molecule has 1 saturated carbocycles. The van der Waals surface area contributed by atoms with Gasteiger partial charge in [-0.2, -0.15) is 0 Å². The van der Waals surface area contributed by atoms with Crippen LogP contribution in [-0.4, -0.2) is 143 Å². The fraction of sp³-hybridized carbons (Fsp3) is 0.569. The van der Waals surface area contributed by atoms with Crippen molar-refractivity contribution in [2.24, 2.45) is 28.2 Å². The van der Waals surface area contributed by atoms with Crippen molar-refractivity contribution >= 4 is 109 Å². The van der Waals surface area contributed by atoms with Gasteiger partial charge in [-0.15, -0.1) is 0 Å². The molecule has 26 nitrogen and oxygen atoms in total. The van der Waals surface area contributed by atoms with Gasteiger partial charge in [-0.05, 0) is 103 Å². The lowest BCUT2D eigenvalue weighted by molar-refractivity contribution is -0.138. The van der Waals surface area contributed by atoms with E-state index in [1.54, 1.807) is 56.3 Å². The Morgan fingerprint density at radius 1 is 0.875 bits per heavy atom. The predicted octanol–water partition coefficient (Wildman–Crippen LogP) is 0.551. The Morgan fingerprint density at radius 2 is 1.52 bits per heavy atom. The van der Waals surface area contributed by atoms with Crippen LogP contribution in [0.3, 0.4) is 0 Å². The molecular formula is C51H73IN14O12S2. The van der Waals surface area contributed by atoms with E-state index in [-0.39, 0.29) is 44.4 Å². The van der Waals surface area contributed by atoms with Crippen LogP contribution in [0, 0.1) is 9.49 Å². The van der Waals surface area contributed by atoms with Crippen LogP contribution in [0.25, 0.3) is 10.4 Å². The van der Waals surface area contributed by atoms with Crippen molar-refractivity contribution in [3.8, 4) is 5.75 Å². The molecule has 1 heterocycles. The Kier molecular flexibility index (Phi) is 27.1. The lowest BCUT2D eigenvalue weighted by atomic mass is 9.85. The van der Waals surface area contributed by atoms with Crippen LogP contribution < -0.4 is 64.5 Å². The Labute approximate surface area is 485 Å². The number of hydrogen-bond acceptors (Lipinski definition) is 16. The van der Waals surface area contributed by atoms with Gasteiger partial charge < -0.3 is 69.6 Å². The molecule has 9 atom stereocenters. The number of amides is 10. The van der Waals surface area contributed by atoms with Crippen molar-refractivity contribution in [2.45, 2.75) is 151 Å². The Balaban J connectivity index is 1.65. The SMILES string of the molecule is CC[C@H](C)[C@@H]1NC(=O)[C@H](Cc2ccc(OC)cc2)NC(=O)CC2(CCCCC2)SSC[C@@H](C(=O)NCC(=O)N[C@@H](CCCN)C(=O)N[C@@H](Cc2ccc(N=[N+]=[N-])c(I)c2)C(N)=O)NC(=O)[C@H](CC(N)=O)NC(=O)[C@H]([C@@H](C)O)NC1=O. The number of nitrogens with one attached hydrogen (secondary N) is 8. The van der Waals surface area contributed by atoms with Gasteiger partial charge in [0.25, 0.3) is 0 Å². The van der Waals surface area contributed by atoms with Gasteiger partial charge in [0, 0.05) is 38.2 Å². The molecule has 15 N–H and O–H groups in total. The lowest BCUT2D eigenvalue weighted by Gasteiger charge is -2.36. The molecule has 2 aliphatic rings. The number of hydrogen-bond donors (Lipinski definition) is 12. The monoisotopic (exact) mass is 1260 g/mol. The van der Waals surface area contributed by atoms with Crippen LogP contribution >= 0.6 is 44.2 Å². The molecule has 2 aromatic rings. The number of carbonyl (C=O) groups excluding carboxylic acids is 10. The normalized spacial score (nSPS) is 21.9. The maximum absolute atomic E-state index is 14.4. The zero-order chi connectivity index (χ0) is 59.1. The summed E-state index contributed by atoms with van der Waals surface area (Å²) in [6.07, 6.45) is 1.62. The third-order valence-corrected chi connectivity index (χ3v) is 17.7. The number of azide groups is 1. The lowest BCUT2D eigenvalue weighted by Crippen LogP contribution is -2.62. The molecule has 1 aliphatic carbocycles. The molecule has 1 spiro atoms. The van der Waals surface area contributed by atoms with E-state index in [9.17, 15) is 53.1 Å². The van der Waals surface area contributed by atoms with E-state index in [1.807, 2.05) is 22.6 Å². The molecule has 10 amide bonds. The quantitative estimate of drug-likeness (QED) is 0.0267. The largest absolute Gasteiger partial charge is 0.497 e. The number of benzene rings is 2. The maximum Gasteiger partial charge on any atom is 0.245 e. The standard InChI is InChI=1S/C51H73IN14O12S2/c1-5-27(2)42-49(76)64-43(28(3)67)50(77)61-37(23-39(54)68)47(74)62-38(26-79-80-51(17-7-6-8-18-51)24-40(69)59-36(48(75)63-42)21-29-11-14-31(78-4)15-12-29)45(72)57-25-41(70)58-34(10-9-19-53)46(73)60-35(44(55)71)22-30-13-16-33(65-66-56)32(52)20-30/h11-16,20,27-28,34-38,42-43,67H,5-10,17-19,21-26,53H2,1-4H3,(H2,54,68)(H2,55,71)(H,57,72)(H,58,70)(H,59,69)(H,60,73)(H,61,77)(H,62,74)(H,63,75)(H,64,76)/t27-,28+,34-,35-,36-,37-,38-,42-,43-/m0/s1. The van der Waals surface area contributed by atoms with E-state index in [0.717, 1.165) is 30.1 Å². The van der Waals surface area contributed by atoms with Crippen molar-refractivity contribution in [3.05, 3.63) is 67.6 Å². The second-order valence-electron chi connectivity index (χ2n) is 19.8. The number of aliphatic hydroxyl groups is 1. The Morgan fingerprint density at radius 3 is 2.12 bits per heavy atom. The predicted molar refractivity (Wildman–Crippen MR) is 308 cm³/mol. The topological polar surface area (TPSA) is 423 Å². The molecule has 0 unspecified atom stereocenters. The van der Waals surface area contributed by atoms with Gasteiger partial charge in [-0.1, -0.05) is 90.5 Å². The molecule has 0 bridgehead atoms. The number of ether oxygens (including phenoxy) is 1. The molecule has 1 aliphatic heterocycles. The second-order valence-corrected chi connectivity index (χ2v) is 23.7. The summed E-state index contributed by atoms with van der Waals surface area (Å²) in [4.78, 5) is 140. The molecule has 2 aromatic carbocycles. The number of primary amides is 2. The van der Waals surface area contributed by atoms with Crippen LogP contribution in [-0.2, 0) is 60.8 Å². The van der Waals surface area contributed by atoms with Crippen molar-refractivity contribution in [1.82, 2.24) is 42.5 Å². The molecule has 29 heteroatoms. The third kappa shape index (κ3) is 20.9. The van der Waals surface area contributed by atoms with Crippen molar-refractivity contribution in [2.75, 3.05) is 26.0 Å². The highest BCUT2D eigenvalue weighted by molar-refractivity contribution is 14.1. The number of rotatable bonds is 21. The summed E-state index contributed by atoms with van der Waals surface area (Å²) in [5.41, 5.74) is 27.4. The highest BCUT2D eigenvalue weighted by Crippen LogP contribution is 2.48. The molecular weight excluding hydrogens is 1190 g/mol. The fourth-order valence-electron chi connectivity index (χ4n) is 8.85. The fourth-order valence-corrected chi connectivity index (χ4v) is 12.9. The summed E-state index contributed by atoms with van der Waals surface area (Å²) in [7, 11) is 3.95. The number of nitrogens with zero attached hydrogens (tertiary/aromatic N) is 3. The number of halogens is 1. The van der Waals surface area contributed by atoms with Crippen LogP contribution in [0.1, 0.15) is 96.1 Å². The smallest absolute Gasteiger partial charge is 0.245 e. The first-order chi connectivity index (χ1) is 38.0. The van der Waals surface area contributed by atoms with E-state index in [0.29, 0.717) is 45.4 Å². The summed E-state index contributed by atoms with van der Waals surface area (Å²) in [6.45, 7) is 4.04. The van der Waals surface area contributed by atoms with Gasteiger partial charge in [0.1, 0.15) is 48.0 Å². The van der Waals surface area contributed by atoms with Crippen molar-refractivity contribution in [3.63, 3.8) is 0 Å². The van der Waals surface area contributed by atoms with Gasteiger partial charge in [0.05, 0.1) is 31.9 Å². The second kappa shape index (κ2) is 32.8. The average Bonchev–Trinajstić information content (AvgIpc) is 3.44. The number of methoxy groups -OCH3 is 1. The van der Waals surface area contributed by atoms with E-state index in [1.165, 1.54) is 24.8 Å². The summed E-state index contributed by atoms with van der Waals surface area (Å²) in [5.74, 6) is -8.96. The van der Waals surface area contributed by atoms with E-state index in [2.05, 4.69) is 52.6 Å². The van der Waals surface area contributed by atoms with Gasteiger partial charge >= 0.3 is 0 Å². The van der Waals surface area contributed by atoms with Crippen LogP contribution in [0.2, 0.25) is 0 Å². The first-order valence-electron chi connectivity index (χ1n) is 26.1. The van der Waals surface area contributed by atoms with Gasteiger partial charge in [0.2, 0.25) is 59.1 Å². The molecule has 80 heavy (non-hydrogen) atoms. The summed E-state index contributed by atoms with van der Waals surface area (Å²) in [5, 5.41) is 35.1. The summed E-state index contributed by atoms with van der Waals surface area (Å²) >= 11 is 1.95. The molecule has 4 rings (SSSR count). The molecule has 1 saturated heterocycles. The van der Waals surface area contributed by atoms with Crippen LogP contribution in [0.15, 0.2) is 47.6 Å². The van der Waals surface area contributed by atoms with E-state index < -0.39 is 131 Å². The summed E-state index contributed by atoms with van der Waals surface area (Å²) in [6, 6.07) is 1.63. The Hall–Kier alpha value is -6.40. The summed E-state index contributed by atoms with van der Waals surface area (Å²) < 4.78 is 5.15. The first kappa shape index (κ1) is 66.1.